The molecule has 3 rings (SSSR count). The van der Waals surface area contributed by atoms with E-state index in [1.54, 1.807) is 0 Å². The van der Waals surface area contributed by atoms with Gasteiger partial charge in [0.25, 0.3) is 0 Å². The lowest BCUT2D eigenvalue weighted by Crippen LogP contribution is -2.28. The average molecular weight is 306 g/mol. The van der Waals surface area contributed by atoms with Crippen LogP contribution in [-0.4, -0.2) is 16.1 Å². The molecule has 1 aromatic heterocycles. The van der Waals surface area contributed by atoms with E-state index in [1.807, 2.05) is 0 Å². The van der Waals surface area contributed by atoms with Gasteiger partial charge in [-0.05, 0) is 35.3 Å². The first-order chi connectivity index (χ1) is 8.66. The van der Waals surface area contributed by atoms with Gasteiger partial charge in [0.1, 0.15) is 10.4 Å². The smallest absolute Gasteiger partial charge is 0.141 e. The Kier molecular flexibility index (Phi) is 2.99. The van der Waals surface area contributed by atoms with Gasteiger partial charge < -0.3 is 9.88 Å². The van der Waals surface area contributed by atoms with E-state index in [-0.39, 0.29) is 0 Å². The van der Waals surface area contributed by atoms with Crippen LogP contribution in [0, 0.1) is 13.8 Å². The standard InChI is InChI=1S/C14H16BrN3/c1-9-3-4-11(10(2)7-9)14-17-13(15)12-8-16-5-6-18(12)14/h3-4,7,16H,5-6,8H2,1-2H3. The number of imidazole rings is 1. The first kappa shape index (κ1) is 11.9. The minimum atomic E-state index is 0.887. The molecule has 1 aliphatic heterocycles. The van der Waals surface area contributed by atoms with Gasteiger partial charge in [-0.25, -0.2) is 4.98 Å². The lowest BCUT2D eigenvalue weighted by molar-refractivity contribution is 0.518. The number of benzene rings is 1. The molecule has 1 N–H and O–H groups in total. The number of aromatic nitrogens is 2. The van der Waals surface area contributed by atoms with Crippen molar-refractivity contribution in [2.45, 2.75) is 26.9 Å². The Morgan fingerprint density at radius 3 is 2.94 bits per heavy atom. The van der Waals surface area contributed by atoms with E-state index in [1.165, 1.54) is 22.4 Å². The van der Waals surface area contributed by atoms with E-state index >= 15 is 0 Å². The van der Waals surface area contributed by atoms with Crippen LogP contribution in [0.2, 0.25) is 0 Å². The van der Waals surface area contributed by atoms with Crippen molar-refractivity contribution in [2.75, 3.05) is 6.54 Å². The molecule has 1 aromatic carbocycles. The maximum Gasteiger partial charge on any atom is 0.141 e. The van der Waals surface area contributed by atoms with Crippen molar-refractivity contribution in [1.82, 2.24) is 14.9 Å². The Labute approximate surface area is 115 Å². The highest BCUT2D eigenvalue weighted by atomic mass is 79.9. The molecule has 1 aliphatic rings. The molecule has 3 nitrogen and oxygen atoms in total. The molecule has 0 fully saturated rings. The highest BCUT2D eigenvalue weighted by Gasteiger charge is 2.19. The summed E-state index contributed by atoms with van der Waals surface area (Å²) in [5, 5.41) is 3.38. The molecular formula is C14H16BrN3. The van der Waals surface area contributed by atoms with Crippen molar-refractivity contribution < 1.29 is 0 Å². The molecule has 0 saturated carbocycles. The van der Waals surface area contributed by atoms with Gasteiger partial charge in [0, 0.05) is 25.2 Å². The van der Waals surface area contributed by atoms with E-state index in [9.17, 15) is 0 Å². The summed E-state index contributed by atoms with van der Waals surface area (Å²) in [6, 6.07) is 6.54. The van der Waals surface area contributed by atoms with Crippen LogP contribution >= 0.6 is 15.9 Å². The number of rotatable bonds is 1. The van der Waals surface area contributed by atoms with Gasteiger partial charge in [-0.15, -0.1) is 0 Å². The molecule has 2 aromatic rings. The molecular weight excluding hydrogens is 290 g/mol. The second-order valence-electron chi connectivity index (χ2n) is 4.82. The summed E-state index contributed by atoms with van der Waals surface area (Å²) in [7, 11) is 0. The molecule has 2 heterocycles. The molecule has 0 aliphatic carbocycles. The van der Waals surface area contributed by atoms with Crippen LogP contribution in [0.3, 0.4) is 0 Å². The normalized spacial score (nSPS) is 14.6. The zero-order valence-electron chi connectivity index (χ0n) is 10.6. The predicted molar refractivity (Wildman–Crippen MR) is 76.5 cm³/mol. The highest BCUT2D eigenvalue weighted by Crippen LogP contribution is 2.29. The van der Waals surface area contributed by atoms with E-state index in [4.69, 9.17) is 4.98 Å². The minimum Gasteiger partial charge on any atom is -0.325 e. The fourth-order valence-electron chi connectivity index (χ4n) is 2.53. The molecule has 0 amide bonds. The minimum absolute atomic E-state index is 0.887. The van der Waals surface area contributed by atoms with Crippen molar-refractivity contribution in [1.29, 1.82) is 0 Å². The van der Waals surface area contributed by atoms with Crippen molar-refractivity contribution >= 4 is 15.9 Å². The van der Waals surface area contributed by atoms with E-state index < -0.39 is 0 Å². The fraction of sp³-hybridized carbons (Fsp3) is 0.357. The number of halogens is 1. The number of nitrogens with one attached hydrogen (secondary N) is 1. The second-order valence-corrected chi connectivity index (χ2v) is 5.57. The van der Waals surface area contributed by atoms with Gasteiger partial charge in [0.05, 0.1) is 5.69 Å². The van der Waals surface area contributed by atoms with Gasteiger partial charge in [-0.2, -0.15) is 0 Å². The molecule has 18 heavy (non-hydrogen) atoms. The van der Waals surface area contributed by atoms with E-state index in [0.717, 1.165) is 30.1 Å². The predicted octanol–water partition coefficient (Wildman–Crippen LogP) is 3.03. The molecule has 0 atom stereocenters. The summed E-state index contributed by atoms with van der Waals surface area (Å²) in [4.78, 5) is 4.69. The lowest BCUT2D eigenvalue weighted by Gasteiger charge is -2.18. The van der Waals surface area contributed by atoms with Gasteiger partial charge in [0.2, 0.25) is 0 Å². The molecule has 0 spiro atoms. The average Bonchev–Trinajstić information content (AvgIpc) is 2.68. The number of hydrogen-bond donors (Lipinski definition) is 1. The third kappa shape index (κ3) is 1.89. The summed E-state index contributed by atoms with van der Waals surface area (Å²) in [6.07, 6.45) is 0. The van der Waals surface area contributed by atoms with E-state index in [0.29, 0.717) is 0 Å². The maximum atomic E-state index is 4.69. The maximum absolute atomic E-state index is 4.69. The number of aryl methyl sites for hydroxylation is 2. The summed E-state index contributed by atoms with van der Waals surface area (Å²) >= 11 is 3.57. The highest BCUT2D eigenvalue weighted by molar-refractivity contribution is 9.10. The number of nitrogens with zero attached hydrogens (tertiary/aromatic N) is 2. The quantitative estimate of drug-likeness (QED) is 0.877. The Morgan fingerprint density at radius 1 is 1.33 bits per heavy atom. The monoisotopic (exact) mass is 305 g/mol. The van der Waals surface area contributed by atoms with Crippen LogP contribution in [-0.2, 0) is 13.1 Å². The van der Waals surface area contributed by atoms with E-state index in [2.05, 4.69) is 57.9 Å². The molecule has 0 bridgehead atoms. The van der Waals surface area contributed by atoms with Crippen molar-refractivity contribution in [3.63, 3.8) is 0 Å². The van der Waals surface area contributed by atoms with Crippen molar-refractivity contribution in [3.05, 3.63) is 39.6 Å². The van der Waals surface area contributed by atoms with Crippen LogP contribution < -0.4 is 5.32 Å². The van der Waals surface area contributed by atoms with Gasteiger partial charge >= 0.3 is 0 Å². The third-order valence-corrected chi connectivity index (χ3v) is 4.09. The van der Waals surface area contributed by atoms with Crippen LogP contribution in [0.25, 0.3) is 11.4 Å². The Bertz CT molecular complexity index is 601. The summed E-state index contributed by atoms with van der Waals surface area (Å²) in [5.41, 5.74) is 5.06. The van der Waals surface area contributed by atoms with Crippen LogP contribution in [0.5, 0.6) is 0 Å². The summed E-state index contributed by atoms with van der Waals surface area (Å²) in [6.45, 7) is 7.15. The van der Waals surface area contributed by atoms with Gasteiger partial charge in [-0.1, -0.05) is 23.8 Å². The molecule has 0 radical (unpaired) electrons. The molecule has 0 unspecified atom stereocenters. The first-order valence-corrected chi connectivity index (χ1v) is 6.99. The van der Waals surface area contributed by atoms with Crippen LogP contribution in [0.15, 0.2) is 22.8 Å². The van der Waals surface area contributed by atoms with Gasteiger partial charge in [-0.3, -0.25) is 0 Å². The van der Waals surface area contributed by atoms with Crippen LogP contribution in [0.1, 0.15) is 16.8 Å². The zero-order valence-corrected chi connectivity index (χ0v) is 12.2. The fourth-order valence-corrected chi connectivity index (χ4v) is 3.06. The third-order valence-electron chi connectivity index (χ3n) is 3.45. The second kappa shape index (κ2) is 4.52. The Hall–Kier alpha value is -1.13. The topological polar surface area (TPSA) is 29.9 Å². The van der Waals surface area contributed by atoms with Crippen molar-refractivity contribution in [3.8, 4) is 11.4 Å². The summed E-state index contributed by atoms with van der Waals surface area (Å²) in [5.74, 6) is 1.08. The molecule has 0 saturated heterocycles. The number of fused-ring (bicyclic) bond motifs is 1. The Balaban J connectivity index is 2.17. The SMILES string of the molecule is Cc1ccc(-c2nc(Br)c3n2CCNC3)c(C)c1. The zero-order chi connectivity index (χ0) is 12.7. The molecule has 4 heteroatoms. The number of hydrogen-bond acceptors (Lipinski definition) is 2. The van der Waals surface area contributed by atoms with Crippen LogP contribution in [0.4, 0.5) is 0 Å². The summed E-state index contributed by atoms with van der Waals surface area (Å²) < 4.78 is 3.28. The lowest BCUT2D eigenvalue weighted by atomic mass is 10.1. The van der Waals surface area contributed by atoms with Gasteiger partial charge in [0.15, 0.2) is 0 Å². The first-order valence-electron chi connectivity index (χ1n) is 6.20. The molecule has 94 valence electrons. The largest absolute Gasteiger partial charge is 0.325 e. The Morgan fingerprint density at radius 2 is 2.17 bits per heavy atom. The van der Waals surface area contributed by atoms with Crippen molar-refractivity contribution in [2.24, 2.45) is 0 Å².